The average molecular weight is 269 g/mol. The number of carboxylic acids is 1. The molecule has 1 aromatic rings. The number of carbonyl (C=O) groups is 2. The van der Waals surface area contributed by atoms with Gasteiger partial charge >= 0.3 is 12.0 Å². The van der Waals surface area contributed by atoms with Gasteiger partial charge in [-0.25, -0.2) is 9.59 Å². The monoisotopic (exact) mass is 269 g/mol. The Balaban J connectivity index is 2.17. The summed E-state index contributed by atoms with van der Waals surface area (Å²) in [7, 11) is 0. The Morgan fingerprint density at radius 1 is 1.47 bits per heavy atom. The maximum atomic E-state index is 11.5. The third kappa shape index (κ3) is 5.84. The summed E-state index contributed by atoms with van der Waals surface area (Å²) >= 11 is 0. The Kier molecular flexibility index (Phi) is 6.34. The second-order valence-corrected chi connectivity index (χ2v) is 4.10. The lowest BCUT2D eigenvalue weighted by molar-refractivity contribution is -0.139. The van der Waals surface area contributed by atoms with Crippen LogP contribution in [0.25, 0.3) is 0 Å². The predicted molar refractivity (Wildman–Crippen MR) is 67.5 cm³/mol. The number of nitrogens with one attached hydrogen (secondary N) is 2. The number of nitrogens with zero attached hydrogens (tertiary/aromatic N) is 3. The molecule has 0 fully saturated rings. The molecule has 0 unspecified atom stereocenters. The van der Waals surface area contributed by atoms with Crippen LogP contribution in [0.4, 0.5) is 4.79 Å². The Labute approximate surface area is 111 Å². The molecule has 0 saturated carbocycles. The van der Waals surface area contributed by atoms with Crippen LogP contribution in [-0.2, 0) is 11.3 Å². The molecule has 0 bridgehead atoms. The minimum atomic E-state index is -1.01. The van der Waals surface area contributed by atoms with Crippen LogP contribution in [0.15, 0.2) is 12.4 Å². The Morgan fingerprint density at radius 3 is 2.84 bits per heavy atom. The Hall–Kier alpha value is -2.12. The summed E-state index contributed by atoms with van der Waals surface area (Å²) in [5, 5.41) is 21.4. The first-order valence-electron chi connectivity index (χ1n) is 6.24. The maximum absolute atomic E-state index is 11.5. The van der Waals surface area contributed by atoms with Crippen LogP contribution in [0.5, 0.6) is 0 Å². The highest BCUT2D eigenvalue weighted by atomic mass is 16.4. The van der Waals surface area contributed by atoms with Gasteiger partial charge in [-0.15, -0.1) is 5.10 Å². The van der Waals surface area contributed by atoms with Gasteiger partial charge in [0, 0.05) is 19.3 Å². The summed E-state index contributed by atoms with van der Waals surface area (Å²) < 4.78 is 1.66. The standard InChI is InChI=1S/C11H19N5O3/c1-2-4-9(10(17)18)14-11(19)12-5-3-7-16-8-6-13-15-16/h6,8-9H,2-5,7H2,1H3,(H,17,18)(H2,12,14,19)/t9-/m0/s1. The van der Waals surface area contributed by atoms with Gasteiger partial charge in [0.1, 0.15) is 6.04 Å². The quantitative estimate of drug-likeness (QED) is 0.585. The zero-order valence-corrected chi connectivity index (χ0v) is 10.9. The molecule has 1 atom stereocenters. The van der Waals surface area contributed by atoms with Crippen molar-refractivity contribution < 1.29 is 14.7 Å². The number of rotatable bonds is 8. The molecule has 0 aliphatic rings. The molecule has 0 aliphatic carbocycles. The van der Waals surface area contributed by atoms with Crippen molar-refractivity contribution >= 4 is 12.0 Å². The van der Waals surface area contributed by atoms with E-state index in [0.29, 0.717) is 32.4 Å². The lowest BCUT2D eigenvalue weighted by Gasteiger charge is -2.14. The third-order valence-corrected chi connectivity index (χ3v) is 2.50. The van der Waals surface area contributed by atoms with Crippen LogP contribution in [0.2, 0.25) is 0 Å². The molecule has 1 rings (SSSR count). The van der Waals surface area contributed by atoms with Gasteiger partial charge in [-0.2, -0.15) is 0 Å². The lowest BCUT2D eigenvalue weighted by atomic mass is 10.2. The molecule has 0 aromatic carbocycles. The Bertz CT molecular complexity index is 393. The van der Waals surface area contributed by atoms with E-state index in [1.165, 1.54) is 0 Å². The summed E-state index contributed by atoms with van der Waals surface area (Å²) in [6.07, 6.45) is 5.14. The highest BCUT2D eigenvalue weighted by Crippen LogP contribution is 1.96. The molecule has 8 nitrogen and oxygen atoms in total. The fourth-order valence-electron chi connectivity index (χ4n) is 1.55. The largest absolute Gasteiger partial charge is 0.480 e. The number of carboxylic acid groups (broad SMARTS) is 1. The molecule has 0 saturated heterocycles. The summed E-state index contributed by atoms with van der Waals surface area (Å²) in [5.41, 5.74) is 0. The second kappa shape index (κ2) is 8.06. The van der Waals surface area contributed by atoms with Crippen molar-refractivity contribution in [3.8, 4) is 0 Å². The maximum Gasteiger partial charge on any atom is 0.326 e. The highest BCUT2D eigenvalue weighted by Gasteiger charge is 2.18. The van der Waals surface area contributed by atoms with Crippen molar-refractivity contribution in [2.24, 2.45) is 0 Å². The van der Waals surface area contributed by atoms with E-state index in [1.807, 2.05) is 6.92 Å². The van der Waals surface area contributed by atoms with Gasteiger partial charge in [-0.1, -0.05) is 18.6 Å². The molecule has 3 N–H and O–H groups in total. The number of amides is 2. The molecular weight excluding hydrogens is 250 g/mol. The van der Waals surface area contributed by atoms with Gasteiger partial charge in [-0.3, -0.25) is 4.68 Å². The minimum Gasteiger partial charge on any atom is -0.480 e. The predicted octanol–water partition coefficient (Wildman–Crippen LogP) is 0.221. The molecule has 106 valence electrons. The number of hydrogen-bond donors (Lipinski definition) is 3. The zero-order chi connectivity index (χ0) is 14.1. The number of carbonyl (C=O) groups excluding carboxylic acids is 1. The lowest BCUT2D eigenvalue weighted by Crippen LogP contribution is -2.46. The van der Waals surface area contributed by atoms with Gasteiger partial charge in [0.25, 0.3) is 0 Å². The summed E-state index contributed by atoms with van der Waals surface area (Å²) in [5.74, 6) is -1.01. The molecule has 0 spiro atoms. The van der Waals surface area contributed by atoms with E-state index in [1.54, 1.807) is 17.1 Å². The zero-order valence-electron chi connectivity index (χ0n) is 10.9. The second-order valence-electron chi connectivity index (χ2n) is 4.10. The van der Waals surface area contributed by atoms with E-state index in [-0.39, 0.29) is 0 Å². The van der Waals surface area contributed by atoms with Crippen molar-refractivity contribution in [3.05, 3.63) is 12.4 Å². The number of aliphatic carboxylic acids is 1. The van der Waals surface area contributed by atoms with Gasteiger partial charge in [0.15, 0.2) is 0 Å². The van der Waals surface area contributed by atoms with Gasteiger partial charge in [0.2, 0.25) is 0 Å². The van der Waals surface area contributed by atoms with Crippen molar-refractivity contribution in [1.82, 2.24) is 25.6 Å². The normalized spacial score (nSPS) is 11.8. The van der Waals surface area contributed by atoms with Gasteiger partial charge < -0.3 is 15.7 Å². The van der Waals surface area contributed by atoms with Crippen molar-refractivity contribution in [3.63, 3.8) is 0 Å². The molecule has 2 amide bonds. The molecule has 8 heteroatoms. The minimum absolute atomic E-state index is 0.418. The van der Waals surface area contributed by atoms with E-state index in [4.69, 9.17) is 5.11 Å². The first kappa shape index (κ1) is 14.9. The van der Waals surface area contributed by atoms with E-state index in [9.17, 15) is 9.59 Å². The number of aromatic nitrogens is 3. The van der Waals surface area contributed by atoms with Crippen LogP contribution < -0.4 is 10.6 Å². The van der Waals surface area contributed by atoms with Crippen LogP contribution in [0.1, 0.15) is 26.2 Å². The molecular formula is C11H19N5O3. The van der Waals surface area contributed by atoms with Gasteiger partial charge in [0.05, 0.1) is 6.20 Å². The van der Waals surface area contributed by atoms with Crippen LogP contribution in [0, 0.1) is 0 Å². The van der Waals surface area contributed by atoms with Crippen molar-refractivity contribution in [2.75, 3.05) is 6.54 Å². The molecule has 1 aromatic heterocycles. The first-order valence-corrected chi connectivity index (χ1v) is 6.24. The number of hydrogen-bond acceptors (Lipinski definition) is 4. The van der Waals surface area contributed by atoms with Crippen LogP contribution in [0.3, 0.4) is 0 Å². The molecule has 1 heterocycles. The van der Waals surface area contributed by atoms with Gasteiger partial charge in [-0.05, 0) is 12.8 Å². The fourth-order valence-corrected chi connectivity index (χ4v) is 1.55. The van der Waals surface area contributed by atoms with Crippen molar-refractivity contribution in [1.29, 1.82) is 0 Å². The summed E-state index contributed by atoms with van der Waals surface area (Å²) in [6, 6.07) is -1.29. The van der Waals surface area contributed by atoms with E-state index < -0.39 is 18.0 Å². The highest BCUT2D eigenvalue weighted by molar-refractivity contribution is 5.82. The average Bonchev–Trinajstić information content (AvgIpc) is 2.87. The topological polar surface area (TPSA) is 109 Å². The van der Waals surface area contributed by atoms with Crippen molar-refractivity contribution in [2.45, 2.75) is 38.8 Å². The van der Waals surface area contributed by atoms with E-state index >= 15 is 0 Å². The summed E-state index contributed by atoms with van der Waals surface area (Å²) in [6.45, 7) is 2.97. The third-order valence-electron chi connectivity index (χ3n) is 2.50. The molecule has 0 aliphatic heterocycles. The van der Waals surface area contributed by atoms with E-state index in [2.05, 4.69) is 20.9 Å². The first-order chi connectivity index (χ1) is 9.13. The SMILES string of the molecule is CCC[C@H](NC(=O)NCCCn1ccnn1)C(=O)O. The number of aryl methyl sites for hydroxylation is 1. The summed E-state index contributed by atoms with van der Waals surface area (Å²) in [4.78, 5) is 22.3. The van der Waals surface area contributed by atoms with Crippen LogP contribution >= 0.6 is 0 Å². The van der Waals surface area contributed by atoms with Crippen LogP contribution in [-0.4, -0.2) is 44.7 Å². The molecule has 0 radical (unpaired) electrons. The van der Waals surface area contributed by atoms with E-state index in [0.717, 1.165) is 0 Å². The molecule has 19 heavy (non-hydrogen) atoms. The Morgan fingerprint density at radius 2 is 2.26 bits per heavy atom. The fraction of sp³-hybridized carbons (Fsp3) is 0.636. The smallest absolute Gasteiger partial charge is 0.326 e. The number of urea groups is 1.